The summed E-state index contributed by atoms with van der Waals surface area (Å²) < 4.78 is 105. The fourth-order valence-corrected chi connectivity index (χ4v) is 3.39. The number of hydrogen-bond acceptors (Lipinski definition) is 6. The van der Waals surface area contributed by atoms with Crippen molar-refractivity contribution in [1.82, 2.24) is 10.3 Å². The van der Waals surface area contributed by atoms with Gasteiger partial charge in [-0.25, -0.2) is 14.6 Å². The van der Waals surface area contributed by atoms with Crippen LogP contribution in [0.3, 0.4) is 0 Å². The lowest BCUT2D eigenvalue weighted by atomic mass is 10.1. The number of hydrogen-bond donors (Lipinski definition) is 2. The Bertz CT molecular complexity index is 1130. The molecule has 1 heterocycles. The maximum atomic E-state index is 13.1. The highest BCUT2D eigenvalue weighted by Gasteiger charge is 2.38. The molecule has 232 valence electrons. The maximum Gasteiger partial charge on any atom is 0.427 e. The number of methoxy groups -OCH3 is 1. The number of nitrogens with two attached hydrogens (primary N) is 1. The van der Waals surface area contributed by atoms with Crippen molar-refractivity contribution in [3.63, 3.8) is 0 Å². The zero-order chi connectivity index (χ0) is 31.8. The van der Waals surface area contributed by atoms with E-state index in [-0.39, 0.29) is 56.0 Å². The molecule has 2 aliphatic rings. The first-order chi connectivity index (χ1) is 19.8. The van der Waals surface area contributed by atoms with E-state index >= 15 is 0 Å². The van der Waals surface area contributed by atoms with Crippen molar-refractivity contribution in [1.29, 1.82) is 0 Å². The van der Waals surface area contributed by atoms with Gasteiger partial charge in [0.2, 0.25) is 0 Å². The van der Waals surface area contributed by atoms with Crippen molar-refractivity contribution in [3.05, 3.63) is 71.1 Å². The molecule has 0 bridgehead atoms. The number of amidine groups is 1. The molecule has 0 spiro atoms. The van der Waals surface area contributed by atoms with Gasteiger partial charge in [0.25, 0.3) is 0 Å². The van der Waals surface area contributed by atoms with Crippen LogP contribution in [0, 0.1) is 18.7 Å². The molecule has 1 amide bonds. The third-order valence-electron chi connectivity index (χ3n) is 5.35. The molecule has 3 N–H and O–H groups in total. The van der Waals surface area contributed by atoms with Crippen LogP contribution in [0.15, 0.2) is 70.4 Å². The fourth-order valence-electron chi connectivity index (χ4n) is 3.39. The SMILES string of the molecule is C#C.COC(=O)N/N=C(\N)CN1CCO[C@H](OCCC2=CCC(C(F)(F)F)=CC(C(F)(F)F)=C2)C1.Fc1ccccc1. The zero-order valence-electron chi connectivity index (χ0n) is 22.6. The summed E-state index contributed by atoms with van der Waals surface area (Å²) in [6.45, 7) is 1.14. The number of alkyl halides is 6. The highest BCUT2D eigenvalue weighted by atomic mass is 19.4. The summed E-state index contributed by atoms with van der Waals surface area (Å²) in [6, 6.07) is 7.94. The second kappa shape index (κ2) is 17.8. The molecule has 0 saturated carbocycles. The van der Waals surface area contributed by atoms with Gasteiger partial charge < -0.3 is 19.9 Å². The van der Waals surface area contributed by atoms with Crippen molar-refractivity contribution in [3.8, 4) is 12.8 Å². The number of rotatable bonds is 7. The number of nitrogens with zero attached hydrogens (tertiary/aromatic N) is 2. The Morgan fingerprint density at radius 2 is 1.81 bits per heavy atom. The van der Waals surface area contributed by atoms with Crippen LogP contribution >= 0.6 is 0 Å². The molecule has 0 unspecified atom stereocenters. The lowest BCUT2D eigenvalue weighted by Crippen LogP contribution is -2.47. The quantitative estimate of drug-likeness (QED) is 0.148. The van der Waals surface area contributed by atoms with Gasteiger partial charge in [-0.05, 0) is 42.7 Å². The number of benzene rings is 1. The van der Waals surface area contributed by atoms with Gasteiger partial charge in [0.1, 0.15) is 11.7 Å². The molecular formula is C27H31F7N4O4. The first-order valence-electron chi connectivity index (χ1n) is 12.2. The summed E-state index contributed by atoms with van der Waals surface area (Å²) in [7, 11) is 1.17. The highest BCUT2D eigenvalue weighted by Crippen LogP contribution is 2.37. The van der Waals surface area contributed by atoms with Crippen LogP contribution in [-0.2, 0) is 14.2 Å². The van der Waals surface area contributed by atoms with Crippen LogP contribution in [0.25, 0.3) is 0 Å². The largest absolute Gasteiger partial charge is 0.452 e. The zero-order valence-corrected chi connectivity index (χ0v) is 22.6. The average Bonchev–Trinajstić information content (AvgIpc) is 3.17. The van der Waals surface area contributed by atoms with Gasteiger partial charge in [0, 0.05) is 12.1 Å². The Morgan fingerprint density at radius 3 is 2.36 bits per heavy atom. The molecule has 1 aliphatic heterocycles. The smallest absolute Gasteiger partial charge is 0.427 e. The lowest BCUT2D eigenvalue weighted by Gasteiger charge is -2.32. The molecule has 42 heavy (non-hydrogen) atoms. The van der Waals surface area contributed by atoms with Gasteiger partial charge >= 0.3 is 18.4 Å². The van der Waals surface area contributed by atoms with E-state index in [2.05, 4.69) is 28.1 Å². The van der Waals surface area contributed by atoms with Crippen molar-refractivity contribution >= 4 is 11.9 Å². The average molecular weight is 609 g/mol. The van der Waals surface area contributed by atoms with Crippen molar-refractivity contribution < 1.29 is 49.7 Å². The number of carbonyl (C=O) groups is 1. The van der Waals surface area contributed by atoms with Gasteiger partial charge in [-0.15, -0.1) is 12.8 Å². The van der Waals surface area contributed by atoms with E-state index in [0.717, 1.165) is 6.08 Å². The number of halogens is 7. The van der Waals surface area contributed by atoms with Crippen molar-refractivity contribution in [2.24, 2.45) is 10.8 Å². The summed E-state index contributed by atoms with van der Waals surface area (Å²) in [5.74, 6) is -0.0788. The molecule has 1 aromatic rings. The molecular weight excluding hydrogens is 577 g/mol. The minimum atomic E-state index is -4.92. The number of morpholine rings is 1. The third kappa shape index (κ3) is 14.2. The number of allylic oxidation sites excluding steroid dienone is 5. The van der Waals surface area contributed by atoms with Crippen molar-refractivity contribution in [2.75, 3.05) is 40.0 Å². The maximum absolute atomic E-state index is 13.1. The van der Waals surface area contributed by atoms with Crippen LogP contribution in [0.5, 0.6) is 0 Å². The van der Waals surface area contributed by atoms with Gasteiger partial charge in [-0.3, -0.25) is 4.90 Å². The third-order valence-corrected chi connectivity index (χ3v) is 5.35. The number of ether oxygens (including phenoxy) is 3. The molecule has 1 atom stereocenters. The first kappa shape index (κ1) is 36.2. The van der Waals surface area contributed by atoms with Crippen molar-refractivity contribution in [2.45, 2.75) is 31.5 Å². The standard InChI is InChI=1S/C19H24F6N4O4.C6H5F.C2H2/c1-31-17(30)28-27-15(26)10-29-5-7-33-16(11-29)32-6-4-12-2-3-13(18(20,21)22)9-14(8-12)19(23,24)25;7-6-4-2-1-3-5-6;1-2/h2,8-9,16H,3-7,10-11H2,1H3,(H2,26,27)(H,28,30);1-5H;1-2H/t16-;;/m0../s1. The second-order valence-electron chi connectivity index (χ2n) is 8.41. The Kier molecular flexibility index (Phi) is 15.4. The molecule has 8 nitrogen and oxygen atoms in total. The van der Waals surface area contributed by atoms with E-state index in [9.17, 15) is 35.5 Å². The second-order valence-corrected chi connectivity index (χ2v) is 8.41. The molecule has 1 aromatic carbocycles. The molecule has 1 saturated heterocycles. The summed E-state index contributed by atoms with van der Waals surface area (Å²) in [4.78, 5) is 12.8. The van der Waals surface area contributed by atoms with E-state index in [1.54, 1.807) is 18.2 Å². The highest BCUT2D eigenvalue weighted by molar-refractivity contribution is 5.83. The Morgan fingerprint density at radius 1 is 1.14 bits per heavy atom. The molecule has 0 aromatic heterocycles. The molecule has 1 aliphatic carbocycles. The number of terminal acetylenes is 1. The number of carbonyl (C=O) groups excluding carboxylic acids is 1. The van der Waals surface area contributed by atoms with E-state index in [1.165, 1.54) is 19.2 Å². The summed E-state index contributed by atoms with van der Waals surface area (Å²) in [5, 5.41) is 3.65. The number of amides is 1. The Labute approximate surface area is 238 Å². The van der Waals surface area contributed by atoms with Gasteiger partial charge in [0.15, 0.2) is 6.29 Å². The van der Waals surface area contributed by atoms with Gasteiger partial charge in [-0.1, -0.05) is 24.3 Å². The minimum absolute atomic E-state index is 0.0366. The van der Waals surface area contributed by atoms with Crippen LogP contribution < -0.4 is 11.2 Å². The van der Waals surface area contributed by atoms with E-state index in [0.29, 0.717) is 12.6 Å². The number of nitrogens with one attached hydrogen (secondary N) is 1. The number of hydrazone groups is 1. The minimum Gasteiger partial charge on any atom is -0.452 e. The first-order valence-corrected chi connectivity index (χ1v) is 12.2. The molecule has 3 rings (SSSR count). The van der Waals surface area contributed by atoms with Crippen LogP contribution in [0.2, 0.25) is 0 Å². The van der Waals surface area contributed by atoms with Crippen LogP contribution in [0.4, 0.5) is 35.5 Å². The van der Waals surface area contributed by atoms with E-state index in [1.807, 2.05) is 4.90 Å². The normalized spacial score (nSPS) is 18.0. The monoisotopic (exact) mass is 608 g/mol. The predicted molar refractivity (Wildman–Crippen MR) is 141 cm³/mol. The topological polar surface area (TPSA) is 98.4 Å². The lowest BCUT2D eigenvalue weighted by molar-refractivity contribution is -0.176. The molecule has 1 fully saturated rings. The summed E-state index contributed by atoms with van der Waals surface area (Å²) in [6.07, 6.45) is -2.04. The Balaban J connectivity index is 0.000000841. The predicted octanol–water partition coefficient (Wildman–Crippen LogP) is 5.06. The Hall–Kier alpha value is -3.87. The van der Waals surface area contributed by atoms with Crippen LogP contribution in [0.1, 0.15) is 12.8 Å². The van der Waals surface area contributed by atoms with E-state index in [4.69, 9.17) is 15.2 Å². The van der Waals surface area contributed by atoms with Gasteiger partial charge in [-0.2, -0.15) is 31.4 Å². The van der Waals surface area contributed by atoms with Crippen LogP contribution in [-0.4, -0.2) is 75.4 Å². The summed E-state index contributed by atoms with van der Waals surface area (Å²) >= 11 is 0. The molecule has 15 heteroatoms. The van der Waals surface area contributed by atoms with E-state index < -0.39 is 42.3 Å². The van der Waals surface area contributed by atoms with Gasteiger partial charge in [0.05, 0.1) is 39.0 Å². The fraction of sp³-hybridized carbons (Fsp3) is 0.407. The summed E-state index contributed by atoms with van der Waals surface area (Å²) in [5.41, 5.74) is 5.25. The molecule has 0 radical (unpaired) electrons.